The lowest BCUT2D eigenvalue weighted by atomic mass is 10.1. The summed E-state index contributed by atoms with van der Waals surface area (Å²) in [5, 5.41) is 0. The highest BCUT2D eigenvalue weighted by Crippen LogP contribution is 2.07. The molecule has 15 heavy (non-hydrogen) atoms. The van der Waals surface area contributed by atoms with Crippen LogP contribution in [0.4, 0.5) is 0 Å². The van der Waals surface area contributed by atoms with Gasteiger partial charge in [-0.3, -0.25) is 0 Å². The third-order valence-electron chi connectivity index (χ3n) is 2.33. The van der Waals surface area contributed by atoms with Gasteiger partial charge in [0.05, 0.1) is 0 Å². The molecule has 0 aliphatic heterocycles. The summed E-state index contributed by atoms with van der Waals surface area (Å²) in [7, 11) is 0. The Morgan fingerprint density at radius 3 is 2.40 bits per heavy atom. The molecule has 0 saturated heterocycles. The Morgan fingerprint density at radius 1 is 1.07 bits per heavy atom. The Balaban J connectivity index is 3.69. The Morgan fingerprint density at radius 2 is 1.80 bits per heavy atom. The molecule has 0 heteroatoms. The monoisotopic (exact) mass is 206 g/mol. The summed E-state index contributed by atoms with van der Waals surface area (Å²) in [6, 6.07) is 0. The van der Waals surface area contributed by atoms with Crippen LogP contribution in [0.2, 0.25) is 0 Å². The maximum absolute atomic E-state index is 2.30. The van der Waals surface area contributed by atoms with Gasteiger partial charge in [0, 0.05) is 0 Å². The van der Waals surface area contributed by atoms with Crippen LogP contribution in [0.25, 0.3) is 0 Å². The zero-order valence-corrected chi connectivity index (χ0v) is 10.8. The first kappa shape index (κ1) is 14.2. The Hall–Kier alpha value is -0.780. The summed E-state index contributed by atoms with van der Waals surface area (Å²) in [5.41, 5.74) is 2.89. The molecule has 0 aromatic rings. The molecule has 0 radical (unpaired) electrons. The smallest absolute Gasteiger partial charge is 0.0285 e. The molecule has 0 aromatic carbocycles. The van der Waals surface area contributed by atoms with Gasteiger partial charge in [-0.2, -0.15) is 0 Å². The van der Waals surface area contributed by atoms with Crippen molar-refractivity contribution in [1.29, 1.82) is 0 Å². The van der Waals surface area contributed by atoms with E-state index in [9.17, 15) is 0 Å². The van der Waals surface area contributed by atoms with Crippen LogP contribution in [0.15, 0.2) is 35.5 Å². The molecular formula is C15H26. The van der Waals surface area contributed by atoms with E-state index in [1.807, 2.05) is 0 Å². The average Bonchev–Trinajstić information content (AvgIpc) is 2.17. The number of allylic oxidation sites excluding steroid dienone is 6. The van der Waals surface area contributed by atoms with Crippen LogP contribution in [-0.2, 0) is 0 Å². The molecule has 0 rings (SSSR count). The van der Waals surface area contributed by atoms with Crippen LogP contribution < -0.4 is 0 Å². The summed E-state index contributed by atoms with van der Waals surface area (Å²) in [6.07, 6.45) is 15.2. The van der Waals surface area contributed by atoms with E-state index >= 15 is 0 Å². The van der Waals surface area contributed by atoms with Gasteiger partial charge in [-0.1, -0.05) is 55.2 Å². The fourth-order valence-corrected chi connectivity index (χ4v) is 1.32. The number of unbranched alkanes of at least 4 members (excludes halogenated alkanes) is 2. The fourth-order valence-electron chi connectivity index (χ4n) is 1.32. The van der Waals surface area contributed by atoms with Gasteiger partial charge >= 0.3 is 0 Å². The van der Waals surface area contributed by atoms with Crippen molar-refractivity contribution in [1.82, 2.24) is 0 Å². The molecule has 0 unspecified atom stereocenters. The lowest BCUT2D eigenvalue weighted by Crippen LogP contribution is -1.76. The summed E-state index contributed by atoms with van der Waals surface area (Å²) in [6.45, 7) is 8.75. The van der Waals surface area contributed by atoms with E-state index in [0.29, 0.717) is 0 Å². The van der Waals surface area contributed by atoms with Crippen molar-refractivity contribution in [3.63, 3.8) is 0 Å². The molecule has 0 aromatic heterocycles. The highest BCUT2D eigenvalue weighted by atomic mass is 13.9. The van der Waals surface area contributed by atoms with Gasteiger partial charge in [0.1, 0.15) is 0 Å². The number of hydrogen-bond acceptors (Lipinski definition) is 0. The molecular weight excluding hydrogens is 180 g/mol. The SMILES string of the molecule is CCCC/C=C\C=C(/C)CCC=C(C)C. The molecule has 0 fully saturated rings. The largest absolute Gasteiger partial charge is 0.0856 e. The van der Waals surface area contributed by atoms with E-state index < -0.39 is 0 Å². The second-order valence-electron chi connectivity index (χ2n) is 4.40. The molecule has 0 N–H and O–H groups in total. The fraction of sp³-hybridized carbons (Fsp3) is 0.600. The van der Waals surface area contributed by atoms with Crippen LogP contribution in [-0.4, -0.2) is 0 Å². The maximum atomic E-state index is 2.30. The summed E-state index contributed by atoms with van der Waals surface area (Å²) in [5.74, 6) is 0. The first-order valence-corrected chi connectivity index (χ1v) is 6.12. The lowest BCUT2D eigenvalue weighted by molar-refractivity contribution is 0.814. The van der Waals surface area contributed by atoms with Crippen molar-refractivity contribution in [2.24, 2.45) is 0 Å². The molecule has 0 heterocycles. The molecule has 0 aliphatic rings. The van der Waals surface area contributed by atoms with Gasteiger partial charge < -0.3 is 0 Å². The van der Waals surface area contributed by atoms with Gasteiger partial charge in [-0.05, 0) is 40.0 Å². The molecule has 86 valence electrons. The van der Waals surface area contributed by atoms with Crippen molar-refractivity contribution in [3.8, 4) is 0 Å². The average molecular weight is 206 g/mol. The van der Waals surface area contributed by atoms with Crippen LogP contribution in [0.1, 0.15) is 59.8 Å². The van der Waals surface area contributed by atoms with Gasteiger partial charge in [-0.15, -0.1) is 0 Å². The van der Waals surface area contributed by atoms with Gasteiger partial charge in [0.25, 0.3) is 0 Å². The lowest BCUT2D eigenvalue weighted by Gasteiger charge is -1.96. The zero-order chi connectivity index (χ0) is 11.5. The van der Waals surface area contributed by atoms with Gasteiger partial charge in [-0.25, -0.2) is 0 Å². The molecule has 0 aliphatic carbocycles. The van der Waals surface area contributed by atoms with Crippen LogP contribution in [0.3, 0.4) is 0 Å². The molecule has 0 saturated carbocycles. The summed E-state index contributed by atoms with van der Waals surface area (Å²) >= 11 is 0. The van der Waals surface area contributed by atoms with E-state index in [1.165, 1.54) is 43.3 Å². The third kappa shape index (κ3) is 11.1. The maximum Gasteiger partial charge on any atom is -0.0285 e. The van der Waals surface area contributed by atoms with Crippen LogP contribution in [0.5, 0.6) is 0 Å². The number of hydrogen-bond donors (Lipinski definition) is 0. The van der Waals surface area contributed by atoms with Gasteiger partial charge in [0.15, 0.2) is 0 Å². The van der Waals surface area contributed by atoms with Crippen LogP contribution in [0, 0.1) is 0 Å². The normalized spacial score (nSPS) is 12.1. The zero-order valence-electron chi connectivity index (χ0n) is 10.8. The van der Waals surface area contributed by atoms with E-state index in [1.54, 1.807) is 0 Å². The van der Waals surface area contributed by atoms with E-state index in [0.717, 1.165) is 0 Å². The summed E-state index contributed by atoms with van der Waals surface area (Å²) < 4.78 is 0. The molecule has 0 nitrogen and oxygen atoms in total. The van der Waals surface area contributed by atoms with Crippen molar-refractivity contribution < 1.29 is 0 Å². The second-order valence-corrected chi connectivity index (χ2v) is 4.40. The highest BCUT2D eigenvalue weighted by molar-refractivity contribution is 5.11. The molecule has 0 spiro atoms. The van der Waals surface area contributed by atoms with E-state index in [2.05, 4.69) is 52.0 Å². The molecule has 0 atom stereocenters. The third-order valence-corrected chi connectivity index (χ3v) is 2.33. The second kappa shape index (κ2) is 9.76. The predicted octanol–water partition coefficient (Wildman–Crippen LogP) is 5.43. The summed E-state index contributed by atoms with van der Waals surface area (Å²) in [4.78, 5) is 0. The first-order chi connectivity index (χ1) is 7.16. The molecule has 0 amide bonds. The predicted molar refractivity (Wildman–Crippen MR) is 71.1 cm³/mol. The quantitative estimate of drug-likeness (QED) is 0.296. The Labute approximate surface area is 95.8 Å². The van der Waals surface area contributed by atoms with Crippen molar-refractivity contribution in [3.05, 3.63) is 35.5 Å². The Kier molecular flexibility index (Phi) is 9.26. The minimum atomic E-state index is 1.17. The van der Waals surface area contributed by atoms with E-state index in [4.69, 9.17) is 0 Å². The van der Waals surface area contributed by atoms with Gasteiger partial charge in [0.2, 0.25) is 0 Å². The Bertz CT molecular complexity index is 224. The molecule has 0 bridgehead atoms. The topological polar surface area (TPSA) is 0 Å². The number of rotatable bonds is 7. The van der Waals surface area contributed by atoms with Crippen LogP contribution >= 0.6 is 0 Å². The minimum absolute atomic E-state index is 1.17. The highest BCUT2D eigenvalue weighted by Gasteiger charge is 1.86. The minimum Gasteiger partial charge on any atom is -0.0856 e. The van der Waals surface area contributed by atoms with Crippen molar-refractivity contribution in [2.75, 3.05) is 0 Å². The first-order valence-electron chi connectivity index (χ1n) is 6.12. The van der Waals surface area contributed by atoms with E-state index in [-0.39, 0.29) is 0 Å². The van der Waals surface area contributed by atoms with Crippen molar-refractivity contribution in [2.45, 2.75) is 59.8 Å². The standard InChI is InChI=1S/C15H26/c1-5-6-7-8-9-12-15(4)13-10-11-14(2)3/h8-9,11-12H,5-7,10,13H2,1-4H3/b9-8-,15-12+. The van der Waals surface area contributed by atoms with Crippen molar-refractivity contribution >= 4 is 0 Å².